The monoisotopic (exact) mass is 243 g/mol. The SMILES string of the molecule is C=CCN(CC=C)C1CCc2ccc(O)cc2C1. The quantitative estimate of drug-likeness (QED) is 0.804. The fourth-order valence-electron chi connectivity index (χ4n) is 2.74. The smallest absolute Gasteiger partial charge is 0.115 e. The summed E-state index contributed by atoms with van der Waals surface area (Å²) < 4.78 is 0. The average molecular weight is 243 g/mol. The molecule has 1 aliphatic rings. The summed E-state index contributed by atoms with van der Waals surface area (Å²) >= 11 is 0. The van der Waals surface area contributed by atoms with E-state index < -0.39 is 0 Å². The van der Waals surface area contributed by atoms with Gasteiger partial charge in [-0.2, -0.15) is 0 Å². The highest BCUT2D eigenvalue weighted by molar-refractivity contribution is 5.37. The fraction of sp³-hybridized carbons (Fsp3) is 0.375. The van der Waals surface area contributed by atoms with Crippen LogP contribution in [0.1, 0.15) is 17.5 Å². The number of hydrogen-bond donors (Lipinski definition) is 1. The van der Waals surface area contributed by atoms with E-state index in [1.54, 1.807) is 6.07 Å². The molecule has 2 rings (SSSR count). The van der Waals surface area contributed by atoms with Crippen LogP contribution in [0.25, 0.3) is 0 Å². The fourth-order valence-corrected chi connectivity index (χ4v) is 2.74. The predicted octanol–water partition coefficient (Wildman–Crippen LogP) is 2.92. The Morgan fingerprint density at radius 2 is 1.94 bits per heavy atom. The molecule has 0 spiro atoms. The molecule has 0 radical (unpaired) electrons. The van der Waals surface area contributed by atoms with Gasteiger partial charge in [-0.15, -0.1) is 13.2 Å². The lowest BCUT2D eigenvalue weighted by Gasteiger charge is -2.34. The van der Waals surface area contributed by atoms with Gasteiger partial charge in [0.2, 0.25) is 0 Å². The summed E-state index contributed by atoms with van der Waals surface area (Å²) in [5.74, 6) is 0.369. The van der Waals surface area contributed by atoms with Gasteiger partial charge in [-0.25, -0.2) is 0 Å². The lowest BCUT2D eigenvalue weighted by molar-refractivity contribution is 0.219. The van der Waals surface area contributed by atoms with Crippen molar-refractivity contribution in [2.24, 2.45) is 0 Å². The standard InChI is InChI=1S/C16H21NO/c1-3-9-17(10-4-2)15-7-5-13-6-8-16(18)12-14(13)11-15/h3-4,6,8,12,15,18H,1-2,5,7,9-11H2. The van der Waals surface area contributed by atoms with E-state index in [9.17, 15) is 5.11 Å². The number of phenolic OH excluding ortho intramolecular Hbond substituents is 1. The van der Waals surface area contributed by atoms with Crippen molar-refractivity contribution in [2.75, 3.05) is 13.1 Å². The van der Waals surface area contributed by atoms with Gasteiger partial charge >= 0.3 is 0 Å². The number of rotatable bonds is 5. The predicted molar refractivity (Wildman–Crippen MR) is 75.9 cm³/mol. The van der Waals surface area contributed by atoms with Crippen LogP contribution in [0.5, 0.6) is 5.75 Å². The third-order valence-electron chi connectivity index (χ3n) is 3.64. The normalized spacial score (nSPS) is 18.4. The van der Waals surface area contributed by atoms with E-state index in [1.165, 1.54) is 17.5 Å². The van der Waals surface area contributed by atoms with Crippen LogP contribution in [0.4, 0.5) is 0 Å². The highest BCUT2D eigenvalue weighted by atomic mass is 16.3. The topological polar surface area (TPSA) is 23.5 Å². The molecule has 18 heavy (non-hydrogen) atoms. The van der Waals surface area contributed by atoms with E-state index in [0.29, 0.717) is 11.8 Å². The van der Waals surface area contributed by atoms with Crippen molar-refractivity contribution in [3.63, 3.8) is 0 Å². The first-order valence-electron chi connectivity index (χ1n) is 6.51. The van der Waals surface area contributed by atoms with Crippen molar-refractivity contribution in [1.29, 1.82) is 0 Å². The minimum Gasteiger partial charge on any atom is -0.508 e. The van der Waals surface area contributed by atoms with E-state index in [2.05, 4.69) is 18.1 Å². The molecule has 1 atom stereocenters. The van der Waals surface area contributed by atoms with Gasteiger partial charge in [-0.05, 0) is 42.5 Å². The minimum absolute atomic E-state index is 0.369. The van der Waals surface area contributed by atoms with Crippen LogP contribution < -0.4 is 0 Å². The highest BCUT2D eigenvalue weighted by Gasteiger charge is 2.23. The van der Waals surface area contributed by atoms with Crippen LogP contribution in [0.2, 0.25) is 0 Å². The van der Waals surface area contributed by atoms with Gasteiger partial charge in [-0.3, -0.25) is 4.90 Å². The summed E-state index contributed by atoms with van der Waals surface area (Å²) in [4.78, 5) is 2.40. The molecular weight excluding hydrogens is 222 g/mol. The summed E-state index contributed by atoms with van der Waals surface area (Å²) in [5.41, 5.74) is 2.66. The summed E-state index contributed by atoms with van der Waals surface area (Å²) in [6.07, 6.45) is 7.15. The Balaban J connectivity index is 2.13. The molecule has 0 saturated carbocycles. The maximum absolute atomic E-state index is 9.57. The first kappa shape index (κ1) is 12.9. The number of benzene rings is 1. The number of aryl methyl sites for hydroxylation is 1. The van der Waals surface area contributed by atoms with Gasteiger partial charge in [0.1, 0.15) is 5.75 Å². The Labute approximate surface area is 109 Å². The minimum atomic E-state index is 0.369. The zero-order valence-electron chi connectivity index (χ0n) is 10.8. The summed E-state index contributed by atoms with van der Waals surface area (Å²) in [6, 6.07) is 6.26. The summed E-state index contributed by atoms with van der Waals surface area (Å²) in [6.45, 7) is 9.43. The van der Waals surface area contributed by atoms with Gasteiger partial charge < -0.3 is 5.11 Å². The van der Waals surface area contributed by atoms with Gasteiger partial charge in [-0.1, -0.05) is 18.2 Å². The summed E-state index contributed by atoms with van der Waals surface area (Å²) in [7, 11) is 0. The number of hydrogen-bond acceptors (Lipinski definition) is 2. The largest absolute Gasteiger partial charge is 0.508 e. The van der Waals surface area contributed by atoms with Crippen molar-refractivity contribution in [3.8, 4) is 5.75 Å². The second-order valence-electron chi connectivity index (χ2n) is 4.88. The molecule has 0 saturated heterocycles. The number of phenols is 1. The van der Waals surface area contributed by atoms with Crippen LogP contribution >= 0.6 is 0 Å². The second kappa shape index (κ2) is 5.87. The molecule has 1 N–H and O–H groups in total. The molecular formula is C16H21NO. The van der Waals surface area contributed by atoms with Gasteiger partial charge in [0.25, 0.3) is 0 Å². The van der Waals surface area contributed by atoms with Crippen LogP contribution in [-0.4, -0.2) is 29.1 Å². The molecule has 96 valence electrons. The molecule has 1 aliphatic carbocycles. The zero-order valence-corrected chi connectivity index (χ0v) is 10.8. The van der Waals surface area contributed by atoms with Gasteiger partial charge in [0, 0.05) is 19.1 Å². The molecule has 0 bridgehead atoms. The highest BCUT2D eigenvalue weighted by Crippen LogP contribution is 2.27. The molecule has 1 aromatic rings. The van der Waals surface area contributed by atoms with E-state index in [1.807, 2.05) is 24.3 Å². The van der Waals surface area contributed by atoms with Crippen molar-refractivity contribution >= 4 is 0 Å². The first-order chi connectivity index (χ1) is 8.74. The van der Waals surface area contributed by atoms with Gasteiger partial charge in [0.15, 0.2) is 0 Å². The average Bonchev–Trinajstić information content (AvgIpc) is 2.37. The van der Waals surface area contributed by atoms with E-state index in [-0.39, 0.29) is 0 Å². The molecule has 2 nitrogen and oxygen atoms in total. The maximum Gasteiger partial charge on any atom is 0.115 e. The Hall–Kier alpha value is -1.54. The van der Waals surface area contributed by atoms with E-state index in [4.69, 9.17) is 0 Å². The molecule has 0 fully saturated rings. The van der Waals surface area contributed by atoms with Crippen LogP contribution in [0, 0.1) is 0 Å². The lowest BCUT2D eigenvalue weighted by atomic mass is 9.87. The zero-order chi connectivity index (χ0) is 13.0. The maximum atomic E-state index is 9.57. The van der Waals surface area contributed by atoms with Crippen molar-refractivity contribution < 1.29 is 5.11 Å². The molecule has 0 aromatic heterocycles. The summed E-state index contributed by atoms with van der Waals surface area (Å²) in [5, 5.41) is 9.57. The van der Waals surface area contributed by atoms with E-state index >= 15 is 0 Å². The number of fused-ring (bicyclic) bond motifs is 1. The number of nitrogens with zero attached hydrogens (tertiary/aromatic N) is 1. The third kappa shape index (κ3) is 2.82. The molecule has 0 amide bonds. The van der Waals surface area contributed by atoms with Crippen LogP contribution in [-0.2, 0) is 12.8 Å². The number of aromatic hydroxyl groups is 1. The molecule has 1 unspecified atom stereocenters. The van der Waals surface area contributed by atoms with Crippen LogP contribution in [0.3, 0.4) is 0 Å². The second-order valence-corrected chi connectivity index (χ2v) is 4.88. The lowest BCUT2D eigenvalue weighted by Crippen LogP contribution is -2.39. The van der Waals surface area contributed by atoms with Crippen molar-refractivity contribution in [3.05, 3.63) is 54.6 Å². The van der Waals surface area contributed by atoms with Gasteiger partial charge in [0.05, 0.1) is 0 Å². The molecule has 0 heterocycles. The van der Waals surface area contributed by atoms with Crippen molar-refractivity contribution in [1.82, 2.24) is 4.90 Å². The third-order valence-corrected chi connectivity index (χ3v) is 3.64. The molecule has 0 aliphatic heterocycles. The van der Waals surface area contributed by atoms with Crippen molar-refractivity contribution in [2.45, 2.75) is 25.3 Å². The Bertz CT molecular complexity index is 429. The molecule has 1 aromatic carbocycles. The Morgan fingerprint density at radius 3 is 2.61 bits per heavy atom. The van der Waals surface area contributed by atoms with Crippen LogP contribution in [0.15, 0.2) is 43.5 Å². The molecule has 2 heteroatoms. The Morgan fingerprint density at radius 1 is 1.22 bits per heavy atom. The van der Waals surface area contributed by atoms with E-state index in [0.717, 1.165) is 25.9 Å². The Kier molecular flexibility index (Phi) is 4.21. The first-order valence-corrected chi connectivity index (χ1v) is 6.51.